The molecule has 2 N–H and O–H groups in total. The van der Waals surface area contributed by atoms with Crippen LogP contribution in [0.1, 0.15) is 32.1 Å². The van der Waals surface area contributed by atoms with Gasteiger partial charge in [-0.25, -0.2) is 4.79 Å². The maximum atomic E-state index is 12.2. The number of aliphatic hydroxyl groups excluding tert-OH is 1. The van der Waals surface area contributed by atoms with Gasteiger partial charge in [0, 0.05) is 25.9 Å². The van der Waals surface area contributed by atoms with E-state index in [2.05, 4.69) is 0 Å². The van der Waals surface area contributed by atoms with Crippen molar-refractivity contribution >= 4 is 17.8 Å². The quantitative estimate of drug-likeness (QED) is 0.723. The Balaban J connectivity index is 1.99. The molecule has 0 aliphatic carbocycles. The first-order chi connectivity index (χ1) is 9.49. The van der Waals surface area contributed by atoms with Gasteiger partial charge >= 0.3 is 5.97 Å². The monoisotopic (exact) mass is 284 g/mol. The van der Waals surface area contributed by atoms with E-state index in [0.717, 1.165) is 19.3 Å². The second-order valence-electron chi connectivity index (χ2n) is 5.42. The summed E-state index contributed by atoms with van der Waals surface area (Å²) in [6, 6.07) is -0.986. The Morgan fingerprint density at radius 2 is 2.00 bits per heavy atom. The predicted octanol–water partition coefficient (Wildman–Crippen LogP) is -0.565. The third-order valence-electron chi connectivity index (χ3n) is 3.88. The van der Waals surface area contributed by atoms with Gasteiger partial charge in [0.25, 0.3) is 0 Å². The van der Waals surface area contributed by atoms with Crippen LogP contribution in [0.15, 0.2) is 0 Å². The second kappa shape index (κ2) is 6.21. The van der Waals surface area contributed by atoms with Crippen molar-refractivity contribution in [1.82, 2.24) is 9.80 Å². The van der Waals surface area contributed by atoms with Gasteiger partial charge in [-0.05, 0) is 12.8 Å². The Labute approximate surface area is 117 Å². The normalized spacial score (nSPS) is 27.6. The zero-order valence-electron chi connectivity index (χ0n) is 11.3. The van der Waals surface area contributed by atoms with Crippen molar-refractivity contribution < 1.29 is 24.6 Å². The molecule has 2 saturated heterocycles. The Morgan fingerprint density at radius 1 is 1.25 bits per heavy atom. The zero-order chi connectivity index (χ0) is 14.7. The molecule has 7 heteroatoms. The lowest BCUT2D eigenvalue weighted by atomic mass is 10.2. The molecule has 0 aromatic heterocycles. The first-order valence-corrected chi connectivity index (χ1v) is 6.97. The number of carboxylic acid groups (broad SMARTS) is 1. The predicted molar refractivity (Wildman–Crippen MR) is 68.8 cm³/mol. The van der Waals surface area contributed by atoms with Gasteiger partial charge in [0.2, 0.25) is 11.8 Å². The molecule has 2 amide bonds. The van der Waals surface area contributed by atoms with Crippen LogP contribution in [0.2, 0.25) is 0 Å². The lowest BCUT2D eigenvalue weighted by molar-refractivity contribution is -0.149. The first kappa shape index (κ1) is 14.8. The van der Waals surface area contributed by atoms with Gasteiger partial charge < -0.3 is 20.0 Å². The highest BCUT2D eigenvalue weighted by Crippen LogP contribution is 2.19. The Morgan fingerprint density at radius 3 is 2.70 bits per heavy atom. The molecule has 7 nitrogen and oxygen atoms in total. The van der Waals surface area contributed by atoms with Gasteiger partial charge in [-0.15, -0.1) is 0 Å². The minimum absolute atomic E-state index is 0.0256. The third kappa shape index (κ3) is 3.27. The molecule has 112 valence electrons. The van der Waals surface area contributed by atoms with Gasteiger partial charge in [-0.3, -0.25) is 9.59 Å². The number of aliphatic hydroxyl groups is 1. The van der Waals surface area contributed by atoms with E-state index in [1.165, 1.54) is 9.80 Å². The molecule has 0 aromatic rings. The van der Waals surface area contributed by atoms with E-state index in [1.54, 1.807) is 0 Å². The third-order valence-corrected chi connectivity index (χ3v) is 3.88. The summed E-state index contributed by atoms with van der Waals surface area (Å²) in [7, 11) is 0. The average Bonchev–Trinajstić information content (AvgIpc) is 2.68. The van der Waals surface area contributed by atoms with Crippen molar-refractivity contribution in [2.24, 2.45) is 0 Å². The standard InChI is InChI=1S/C13H20N2O5/c16-9-6-10(13(19)20)15(7-9)12(18)8-14-5-3-1-2-4-11(14)17/h9-10,16H,1-8H2,(H,19,20)/t9-,10+/m1/s1. The van der Waals surface area contributed by atoms with E-state index < -0.39 is 24.0 Å². The van der Waals surface area contributed by atoms with Crippen molar-refractivity contribution in [3.63, 3.8) is 0 Å². The molecule has 2 atom stereocenters. The van der Waals surface area contributed by atoms with Crippen LogP contribution in [0.3, 0.4) is 0 Å². The molecule has 0 spiro atoms. The summed E-state index contributed by atoms with van der Waals surface area (Å²) >= 11 is 0. The van der Waals surface area contributed by atoms with Crippen LogP contribution in [-0.2, 0) is 14.4 Å². The number of likely N-dealkylation sites (tertiary alicyclic amines) is 2. The summed E-state index contributed by atoms with van der Waals surface area (Å²) in [4.78, 5) is 37.8. The number of rotatable bonds is 3. The Hall–Kier alpha value is -1.63. The number of aliphatic carboxylic acids is 1. The summed E-state index contributed by atoms with van der Waals surface area (Å²) in [6.07, 6.45) is 2.36. The second-order valence-corrected chi connectivity index (χ2v) is 5.42. The molecule has 2 aliphatic rings. The van der Waals surface area contributed by atoms with Crippen molar-refractivity contribution in [3.8, 4) is 0 Å². The highest BCUT2D eigenvalue weighted by molar-refractivity contribution is 5.88. The van der Waals surface area contributed by atoms with Crippen molar-refractivity contribution in [2.45, 2.75) is 44.2 Å². The fourth-order valence-corrected chi connectivity index (χ4v) is 2.78. The topological polar surface area (TPSA) is 98.2 Å². The van der Waals surface area contributed by atoms with Crippen LogP contribution < -0.4 is 0 Å². The maximum absolute atomic E-state index is 12.2. The molecular weight excluding hydrogens is 264 g/mol. The van der Waals surface area contributed by atoms with Crippen LogP contribution in [0, 0.1) is 0 Å². The largest absolute Gasteiger partial charge is 0.480 e. The Kier molecular flexibility index (Phi) is 4.59. The summed E-state index contributed by atoms with van der Waals surface area (Å²) < 4.78 is 0. The number of carboxylic acids is 1. The van der Waals surface area contributed by atoms with E-state index in [4.69, 9.17) is 5.11 Å². The molecule has 0 aromatic carbocycles. The first-order valence-electron chi connectivity index (χ1n) is 6.97. The minimum atomic E-state index is -1.11. The number of β-amino-alcohol motifs (C(OH)–C–C–N with tert-alkyl or cyclic N) is 1. The maximum Gasteiger partial charge on any atom is 0.326 e. The van der Waals surface area contributed by atoms with Crippen LogP contribution in [0.5, 0.6) is 0 Å². The number of hydrogen-bond acceptors (Lipinski definition) is 4. The molecule has 2 heterocycles. The van der Waals surface area contributed by atoms with E-state index in [1.807, 2.05) is 0 Å². The number of nitrogens with zero attached hydrogens (tertiary/aromatic N) is 2. The minimum Gasteiger partial charge on any atom is -0.480 e. The van der Waals surface area contributed by atoms with E-state index in [-0.39, 0.29) is 25.4 Å². The molecule has 2 aliphatic heterocycles. The van der Waals surface area contributed by atoms with Gasteiger partial charge in [0.1, 0.15) is 6.04 Å². The molecule has 2 fully saturated rings. The Bertz CT molecular complexity index is 412. The SMILES string of the molecule is O=C(O)[C@@H]1C[C@@H](O)CN1C(=O)CN1CCCCCC1=O. The molecule has 0 unspecified atom stereocenters. The lowest BCUT2D eigenvalue weighted by Crippen LogP contribution is -2.47. The van der Waals surface area contributed by atoms with Crippen LogP contribution in [0.4, 0.5) is 0 Å². The van der Waals surface area contributed by atoms with Crippen LogP contribution in [-0.4, -0.2) is 69.6 Å². The molecule has 2 rings (SSSR count). The molecule has 0 saturated carbocycles. The van der Waals surface area contributed by atoms with Crippen molar-refractivity contribution in [1.29, 1.82) is 0 Å². The van der Waals surface area contributed by atoms with Gasteiger partial charge in [-0.2, -0.15) is 0 Å². The molecular formula is C13H20N2O5. The van der Waals surface area contributed by atoms with E-state index in [0.29, 0.717) is 13.0 Å². The summed E-state index contributed by atoms with van der Waals surface area (Å²) in [6.45, 7) is 0.478. The number of carbonyl (C=O) groups excluding carboxylic acids is 2. The fraction of sp³-hybridized carbons (Fsp3) is 0.769. The van der Waals surface area contributed by atoms with Crippen molar-refractivity contribution in [2.75, 3.05) is 19.6 Å². The molecule has 0 bridgehead atoms. The molecule has 0 radical (unpaired) electrons. The summed E-state index contributed by atoms with van der Waals surface area (Å²) in [5.74, 6) is -1.57. The summed E-state index contributed by atoms with van der Waals surface area (Å²) in [5, 5.41) is 18.6. The van der Waals surface area contributed by atoms with E-state index in [9.17, 15) is 19.5 Å². The fourth-order valence-electron chi connectivity index (χ4n) is 2.78. The highest BCUT2D eigenvalue weighted by Gasteiger charge is 2.39. The van der Waals surface area contributed by atoms with Crippen LogP contribution in [0.25, 0.3) is 0 Å². The van der Waals surface area contributed by atoms with Gasteiger partial charge in [0.05, 0.1) is 12.6 Å². The molecule has 20 heavy (non-hydrogen) atoms. The number of hydrogen-bond donors (Lipinski definition) is 2. The van der Waals surface area contributed by atoms with Gasteiger partial charge in [0.15, 0.2) is 0 Å². The number of amides is 2. The summed E-state index contributed by atoms with van der Waals surface area (Å²) in [5.41, 5.74) is 0. The number of carbonyl (C=O) groups is 3. The van der Waals surface area contributed by atoms with Gasteiger partial charge in [-0.1, -0.05) is 6.42 Å². The lowest BCUT2D eigenvalue weighted by Gasteiger charge is -2.26. The zero-order valence-corrected chi connectivity index (χ0v) is 11.3. The van der Waals surface area contributed by atoms with E-state index >= 15 is 0 Å². The smallest absolute Gasteiger partial charge is 0.326 e. The average molecular weight is 284 g/mol. The van der Waals surface area contributed by atoms with Crippen LogP contribution >= 0.6 is 0 Å². The van der Waals surface area contributed by atoms with Crippen molar-refractivity contribution in [3.05, 3.63) is 0 Å². The highest BCUT2D eigenvalue weighted by atomic mass is 16.4.